The topological polar surface area (TPSA) is 40.1 Å². The van der Waals surface area contributed by atoms with Crippen molar-refractivity contribution in [3.8, 4) is 0 Å². The molecule has 0 amide bonds. The normalized spacial score (nSPS) is 14.4. The van der Waals surface area contributed by atoms with Crippen molar-refractivity contribution in [2.45, 2.75) is 40.2 Å². The van der Waals surface area contributed by atoms with Crippen molar-refractivity contribution in [1.29, 1.82) is 0 Å². The van der Waals surface area contributed by atoms with Gasteiger partial charge in [0.15, 0.2) is 0 Å². The lowest BCUT2D eigenvalue weighted by atomic mass is 10.1. The average Bonchev–Trinajstić information content (AvgIpc) is 2.24. The van der Waals surface area contributed by atoms with Crippen molar-refractivity contribution in [1.82, 2.24) is 0 Å². The van der Waals surface area contributed by atoms with Crippen LogP contribution in [0.4, 0.5) is 0 Å². The fourth-order valence-corrected chi connectivity index (χ4v) is 2.27. The van der Waals surface area contributed by atoms with Gasteiger partial charge in [-0.3, -0.25) is 0 Å². The highest BCUT2D eigenvalue weighted by atomic mass is 16.4. The molecule has 0 aliphatic carbocycles. The Morgan fingerprint density at radius 1 is 1.20 bits per heavy atom. The Labute approximate surface area is 93.0 Å². The van der Waals surface area contributed by atoms with Gasteiger partial charge in [-0.2, -0.15) is 0 Å². The third kappa shape index (κ3) is 3.67. The number of aliphatic carboxylic acids is 1. The summed E-state index contributed by atoms with van der Waals surface area (Å²) in [5.74, 6) is -1.10. The zero-order valence-corrected chi connectivity index (χ0v) is 10.3. The highest BCUT2D eigenvalue weighted by molar-refractivity contribution is 5.77. The van der Waals surface area contributed by atoms with Crippen LogP contribution in [0.3, 0.4) is 0 Å². The summed E-state index contributed by atoms with van der Waals surface area (Å²) in [5, 5.41) is 10.4. The lowest BCUT2D eigenvalue weighted by Crippen LogP contribution is -2.54. The molecule has 3 heteroatoms. The van der Waals surface area contributed by atoms with Crippen LogP contribution in [0.25, 0.3) is 0 Å². The first-order chi connectivity index (χ1) is 7.06. The number of carboxylic acids is 1. The number of carbonyl (C=O) groups is 1. The van der Waals surface area contributed by atoms with Gasteiger partial charge >= 0.3 is 0 Å². The Morgan fingerprint density at radius 3 is 1.93 bits per heavy atom. The van der Waals surface area contributed by atoms with Crippen LogP contribution in [-0.4, -0.2) is 36.1 Å². The van der Waals surface area contributed by atoms with Gasteiger partial charge in [-0.1, -0.05) is 6.92 Å². The number of carboxylic acid groups (broad SMARTS) is 1. The first-order valence-electron chi connectivity index (χ1n) is 5.81. The van der Waals surface area contributed by atoms with Gasteiger partial charge in [0.25, 0.3) is 0 Å². The standard InChI is InChI=1S/C12H23NO2/c1-5-11(9-10-12(14)15)13(6-2,7-3)8-4/h9-11H,5-8H2,1-4H3/b10-9+. The first-order valence-corrected chi connectivity index (χ1v) is 5.81. The predicted molar refractivity (Wildman–Crippen MR) is 60.1 cm³/mol. The van der Waals surface area contributed by atoms with Crippen LogP contribution >= 0.6 is 0 Å². The summed E-state index contributed by atoms with van der Waals surface area (Å²) in [5.41, 5.74) is 0. The monoisotopic (exact) mass is 213 g/mol. The highest BCUT2D eigenvalue weighted by Gasteiger charge is 2.28. The second-order valence-electron chi connectivity index (χ2n) is 3.82. The van der Waals surface area contributed by atoms with Crippen molar-refractivity contribution in [3.05, 3.63) is 12.2 Å². The van der Waals surface area contributed by atoms with Crippen molar-refractivity contribution < 1.29 is 14.4 Å². The van der Waals surface area contributed by atoms with Gasteiger partial charge in [0.05, 0.1) is 25.6 Å². The van der Waals surface area contributed by atoms with Crippen LogP contribution in [0.1, 0.15) is 34.1 Å². The van der Waals surface area contributed by atoms with E-state index in [4.69, 9.17) is 0 Å². The second kappa shape index (κ2) is 6.62. The summed E-state index contributed by atoms with van der Waals surface area (Å²) in [4.78, 5) is 10.4. The van der Waals surface area contributed by atoms with Crippen LogP contribution in [0.5, 0.6) is 0 Å². The van der Waals surface area contributed by atoms with E-state index in [1.807, 2.05) is 0 Å². The molecule has 1 atom stereocenters. The number of hydrogen-bond donors (Lipinski definition) is 0. The first kappa shape index (κ1) is 14.2. The lowest BCUT2D eigenvalue weighted by molar-refractivity contribution is -0.940. The minimum atomic E-state index is -1.10. The molecule has 0 N–H and O–H groups in total. The van der Waals surface area contributed by atoms with Crippen molar-refractivity contribution >= 4 is 5.97 Å². The van der Waals surface area contributed by atoms with Crippen LogP contribution in [0.2, 0.25) is 0 Å². The number of hydrogen-bond acceptors (Lipinski definition) is 2. The molecule has 0 saturated heterocycles. The number of likely N-dealkylation sites (N-methyl/N-ethyl adjacent to an activating group) is 1. The van der Waals surface area contributed by atoms with E-state index < -0.39 is 5.97 Å². The Balaban J connectivity index is 4.81. The fourth-order valence-electron chi connectivity index (χ4n) is 2.27. The molecule has 0 spiro atoms. The fraction of sp³-hybridized carbons (Fsp3) is 0.750. The maximum atomic E-state index is 10.4. The van der Waals surface area contributed by atoms with Crippen LogP contribution in [0, 0.1) is 0 Å². The van der Waals surface area contributed by atoms with E-state index in [1.165, 1.54) is 6.08 Å². The molecular weight excluding hydrogens is 190 g/mol. The SMILES string of the molecule is CCC(/C=C/C(=O)[O-])[N+](CC)(CC)CC. The van der Waals surface area contributed by atoms with Gasteiger partial charge in [0.1, 0.15) is 6.04 Å². The van der Waals surface area contributed by atoms with E-state index in [9.17, 15) is 9.90 Å². The summed E-state index contributed by atoms with van der Waals surface area (Å²) in [6.07, 6.45) is 3.91. The van der Waals surface area contributed by atoms with E-state index in [0.29, 0.717) is 0 Å². The molecule has 0 saturated carbocycles. The van der Waals surface area contributed by atoms with Gasteiger partial charge in [-0.25, -0.2) is 0 Å². The Hall–Kier alpha value is -0.830. The molecule has 3 nitrogen and oxygen atoms in total. The highest BCUT2D eigenvalue weighted by Crippen LogP contribution is 2.17. The van der Waals surface area contributed by atoms with E-state index in [-0.39, 0.29) is 6.04 Å². The van der Waals surface area contributed by atoms with Gasteiger partial charge in [0.2, 0.25) is 0 Å². The number of rotatable bonds is 7. The summed E-state index contributed by atoms with van der Waals surface area (Å²) in [7, 11) is 0. The molecule has 0 fully saturated rings. The van der Waals surface area contributed by atoms with Crippen LogP contribution in [-0.2, 0) is 4.79 Å². The summed E-state index contributed by atoms with van der Waals surface area (Å²) >= 11 is 0. The smallest absolute Gasteiger partial charge is 0.108 e. The molecule has 0 radical (unpaired) electrons. The number of carbonyl (C=O) groups excluding carboxylic acids is 1. The molecule has 0 aromatic carbocycles. The third-order valence-corrected chi connectivity index (χ3v) is 3.47. The molecule has 0 aromatic rings. The quantitative estimate of drug-likeness (QED) is 0.466. The average molecular weight is 213 g/mol. The minimum Gasteiger partial charge on any atom is -0.545 e. The van der Waals surface area contributed by atoms with Crippen LogP contribution < -0.4 is 5.11 Å². The molecule has 0 heterocycles. The van der Waals surface area contributed by atoms with Gasteiger partial charge in [0, 0.05) is 6.42 Å². The van der Waals surface area contributed by atoms with Gasteiger partial charge < -0.3 is 14.4 Å². The van der Waals surface area contributed by atoms with E-state index in [1.54, 1.807) is 6.08 Å². The largest absolute Gasteiger partial charge is 0.545 e. The zero-order valence-electron chi connectivity index (χ0n) is 10.3. The maximum absolute atomic E-state index is 10.4. The third-order valence-electron chi connectivity index (χ3n) is 3.47. The summed E-state index contributed by atoms with van der Waals surface area (Å²) in [6, 6.07) is 0.280. The van der Waals surface area contributed by atoms with E-state index >= 15 is 0 Å². The number of nitrogens with zero attached hydrogens (tertiary/aromatic N) is 1. The molecule has 0 aliphatic heterocycles. The summed E-state index contributed by atoms with van der Waals surface area (Å²) in [6.45, 7) is 11.7. The second-order valence-corrected chi connectivity index (χ2v) is 3.82. The molecular formula is C12H23NO2. The van der Waals surface area contributed by atoms with Crippen LogP contribution in [0.15, 0.2) is 12.2 Å². The summed E-state index contributed by atoms with van der Waals surface area (Å²) < 4.78 is 0.945. The van der Waals surface area contributed by atoms with Gasteiger partial charge in [-0.05, 0) is 32.9 Å². The number of quaternary nitrogens is 1. The molecule has 88 valence electrons. The zero-order chi connectivity index (χ0) is 11.9. The maximum Gasteiger partial charge on any atom is 0.108 e. The van der Waals surface area contributed by atoms with E-state index in [0.717, 1.165) is 30.5 Å². The minimum absolute atomic E-state index is 0.280. The molecule has 0 bridgehead atoms. The van der Waals surface area contributed by atoms with Crippen molar-refractivity contribution in [3.63, 3.8) is 0 Å². The lowest BCUT2D eigenvalue weighted by Gasteiger charge is -2.41. The molecule has 1 unspecified atom stereocenters. The van der Waals surface area contributed by atoms with Crippen molar-refractivity contribution in [2.24, 2.45) is 0 Å². The molecule has 0 rings (SSSR count). The molecule has 15 heavy (non-hydrogen) atoms. The van der Waals surface area contributed by atoms with Crippen molar-refractivity contribution in [2.75, 3.05) is 19.6 Å². The Bertz CT molecular complexity index is 211. The molecule has 0 aliphatic rings. The Morgan fingerprint density at radius 2 is 1.67 bits per heavy atom. The van der Waals surface area contributed by atoms with E-state index in [2.05, 4.69) is 27.7 Å². The Kier molecular flexibility index (Phi) is 6.25. The predicted octanol–water partition coefficient (Wildman–Crippen LogP) is 0.948. The molecule has 0 aromatic heterocycles. The van der Waals surface area contributed by atoms with Gasteiger partial charge in [-0.15, -0.1) is 0 Å².